The maximum atomic E-state index is 6.11. The van der Waals surface area contributed by atoms with E-state index in [1.807, 2.05) is 6.07 Å². The first kappa shape index (κ1) is 11.3. The Balaban J connectivity index is 2.43. The summed E-state index contributed by atoms with van der Waals surface area (Å²) in [5, 5.41) is 0.798. The molecular weight excluding hydrogens is 296 g/mol. The highest BCUT2D eigenvalue weighted by atomic mass is 79.9. The topological polar surface area (TPSA) is 0 Å². The number of halogens is 2. The van der Waals surface area contributed by atoms with Crippen LogP contribution in [0.4, 0.5) is 0 Å². The molecule has 2 aromatic carbocycles. The zero-order chi connectivity index (χ0) is 12.2. The summed E-state index contributed by atoms with van der Waals surface area (Å²) in [6, 6.07) is 12.5. The third-order valence-corrected chi connectivity index (χ3v) is 4.48. The molecule has 0 saturated heterocycles. The summed E-state index contributed by atoms with van der Waals surface area (Å²) in [7, 11) is 0. The van der Waals surface area contributed by atoms with E-state index in [9.17, 15) is 0 Å². The van der Waals surface area contributed by atoms with Gasteiger partial charge in [-0.1, -0.05) is 59.6 Å². The first-order valence-electron chi connectivity index (χ1n) is 5.61. The van der Waals surface area contributed by atoms with E-state index in [1.165, 1.54) is 26.7 Å². The zero-order valence-electron chi connectivity index (χ0n) is 9.72. The van der Waals surface area contributed by atoms with Gasteiger partial charge < -0.3 is 0 Å². The normalized spacial score (nSPS) is 15.5. The second kappa shape index (κ2) is 3.60. The molecule has 0 aromatic heterocycles. The van der Waals surface area contributed by atoms with Gasteiger partial charge >= 0.3 is 0 Å². The number of benzene rings is 2. The van der Waals surface area contributed by atoms with Crippen molar-refractivity contribution in [2.45, 2.75) is 19.3 Å². The monoisotopic (exact) mass is 306 g/mol. The summed E-state index contributed by atoms with van der Waals surface area (Å²) in [6.45, 7) is 4.52. The molecule has 0 amide bonds. The SMILES string of the molecule is CC1(C)c2ccc(Cl)cc2-c2cccc(Br)c21. The van der Waals surface area contributed by atoms with Gasteiger partial charge in [0.1, 0.15) is 0 Å². The largest absolute Gasteiger partial charge is 0.0843 e. The van der Waals surface area contributed by atoms with E-state index in [4.69, 9.17) is 11.6 Å². The molecule has 2 aromatic rings. The van der Waals surface area contributed by atoms with Crippen molar-refractivity contribution in [1.29, 1.82) is 0 Å². The standard InChI is InChI=1S/C15H12BrCl/c1-15(2)12-7-6-9(17)8-11(12)10-4-3-5-13(16)14(10)15/h3-8H,1-2H3. The van der Waals surface area contributed by atoms with Crippen molar-refractivity contribution < 1.29 is 0 Å². The van der Waals surface area contributed by atoms with Gasteiger partial charge in [-0.15, -0.1) is 0 Å². The fourth-order valence-electron chi connectivity index (χ4n) is 2.80. The average Bonchev–Trinajstić information content (AvgIpc) is 2.49. The van der Waals surface area contributed by atoms with Crippen LogP contribution >= 0.6 is 27.5 Å². The molecule has 0 heterocycles. The van der Waals surface area contributed by atoms with Crippen LogP contribution in [0.3, 0.4) is 0 Å². The van der Waals surface area contributed by atoms with E-state index in [0.29, 0.717) is 0 Å². The lowest BCUT2D eigenvalue weighted by molar-refractivity contribution is 0.657. The summed E-state index contributed by atoms with van der Waals surface area (Å²) in [5.41, 5.74) is 5.30. The fraction of sp³-hybridized carbons (Fsp3) is 0.200. The first-order valence-corrected chi connectivity index (χ1v) is 6.78. The van der Waals surface area contributed by atoms with Crippen molar-refractivity contribution in [3.8, 4) is 11.1 Å². The van der Waals surface area contributed by atoms with E-state index >= 15 is 0 Å². The number of hydrogen-bond acceptors (Lipinski definition) is 0. The van der Waals surface area contributed by atoms with Crippen LogP contribution in [0.5, 0.6) is 0 Å². The Labute approximate surface area is 115 Å². The fourth-order valence-corrected chi connectivity index (χ4v) is 3.84. The van der Waals surface area contributed by atoms with Crippen LogP contribution in [-0.2, 0) is 5.41 Å². The lowest BCUT2D eigenvalue weighted by Gasteiger charge is -2.22. The Morgan fingerprint density at radius 1 is 1.06 bits per heavy atom. The molecule has 0 fully saturated rings. The molecule has 0 N–H and O–H groups in total. The van der Waals surface area contributed by atoms with Gasteiger partial charge in [-0.3, -0.25) is 0 Å². The summed E-state index contributed by atoms with van der Waals surface area (Å²) >= 11 is 9.78. The first-order chi connectivity index (χ1) is 8.01. The van der Waals surface area contributed by atoms with Crippen LogP contribution in [0.15, 0.2) is 40.9 Å². The molecule has 0 atom stereocenters. The molecule has 0 radical (unpaired) electrons. The maximum Gasteiger partial charge on any atom is 0.0412 e. The van der Waals surface area contributed by atoms with Gasteiger partial charge in [0.2, 0.25) is 0 Å². The van der Waals surface area contributed by atoms with Crippen molar-refractivity contribution in [2.24, 2.45) is 0 Å². The van der Waals surface area contributed by atoms with Gasteiger partial charge in [-0.05, 0) is 40.5 Å². The molecule has 17 heavy (non-hydrogen) atoms. The highest BCUT2D eigenvalue weighted by molar-refractivity contribution is 9.10. The Morgan fingerprint density at radius 2 is 1.82 bits per heavy atom. The van der Waals surface area contributed by atoms with Crippen molar-refractivity contribution in [3.05, 3.63) is 57.0 Å². The van der Waals surface area contributed by atoms with E-state index < -0.39 is 0 Å². The van der Waals surface area contributed by atoms with Gasteiger partial charge in [0.05, 0.1) is 0 Å². The quantitative estimate of drug-likeness (QED) is 0.610. The minimum atomic E-state index is 0.0371. The molecule has 0 spiro atoms. The molecule has 0 saturated carbocycles. The highest BCUT2D eigenvalue weighted by Gasteiger charge is 2.36. The minimum Gasteiger partial charge on any atom is -0.0843 e. The zero-order valence-corrected chi connectivity index (χ0v) is 12.1. The molecule has 3 rings (SSSR count). The molecule has 86 valence electrons. The average molecular weight is 308 g/mol. The summed E-state index contributed by atoms with van der Waals surface area (Å²) in [4.78, 5) is 0. The highest BCUT2D eigenvalue weighted by Crippen LogP contribution is 2.51. The van der Waals surface area contributed by atoms with E-state index in [2.05, 4.69) is 60.1 Å². The van der Waals surface area contributed by atoms with Gasteiger partial charge in [-0.25, -0.2) is 0 Å². The lowest BCUT2D eigenvalue weighted by atomic mass is 9.82. The number of hydrogen-bond donors (Lipinski definition) is 0. The molecule has 1 aliphatic rings. The predicted molar refractivity (Wildman–Crippen MR) is 76.7 cm³/mol. The van der Waals surface area contributed by atoms with E-state index in [1.54, 1.807) is 0 Å². The third kappa shape index (κ3) is 1.49. The smallest absolute Gasteiger partial charge is 0.0412 e. The van der Waals surface area contributed by atoms with Crippen molar-refractivity contribution >= 4 is 27.5 Å². The second-order valence-electron chi connectivity index (χ2n) is 4.98. The number of rotatable bonds is 0. The van der Waals surface area contributed by atoms with E-state index in [0.717, 1.165) is 5.02 Å². The van der Waals surface area contributed by atoms with Crippen molar-refractivity contribution in [3.63, 3.8) is 0 Å². The Kier molecular flexibility index (Phi) is 2.39. The van der Waals surface area contributed by atoms with Crippen LogP contribution < -0.4 is 0 Å². The van der Waals surface area contributed by atoms with E-state index in [-0.39, 0.29) is 5.41 Å². The summed E-state index contributed by atoms with van der Waals surface area (Å²) in [6.07, 6.45) is 0. The van der Waals surface area contributed by atoms with Crippen molar-refractivity contribution in [1.82, 2.24) is 0 Å². The Hall–Kier alpha value is -0.790. The molecular formula is C15H12BrCl. The third-order valence-electron chi connectivity index (χ3n) is 3.58. The van der Waals surface area contributed by atoms with Crippen molar-refractivity contribution in [2.75, 3.05) is 0 Å². The van der Waals surface area contributed by atoms with Crippen LogP contribution in [0.25, 0.3) is 11.1 Å². The molecule has 0 bridgehead atoms. The molecule has 0 nitrogen and oxygen atoms in total. The Bertz CT molecular complexity index is 614. The van der Waals surface area contributed by atoms with Gasteiger partial charge in [-0.2, -0.15) is 0 Å². The predicted octanol–water partition coefficient (Wildman–Crippen LogP) is 5.41. The summed E-state index contributed by atoms with van der Waals surface area (Å²) in [5.74, 6) is 0. The van der Waals surface area contributed by atoms with Crippen LogP contribution in [0.1, 0.15) is 25.0 Å². The lowest BCUT2D eigenvalue weighted by Crippen LogP contribution is -2.15. The van der Waals surface area contributed by atoms with Gasteiger partial charge in [0, 0.05) is 14.9 Å². The summed E-state index contributed by atoms with van der Waals surface area (Å²) < 4.78 is 1.17. The van der Waals surface area contributed by atoms with Crippen LogP contribution in [0.2, 0.25) is 5.02 Å². The van der Waals surface area contributed by atoms with Crippen LogP contribution in [0, 0.1) is 0 Å². The molecule has 2 heteroatoms. The molecule has 0 aliphatic heterocycles. The second-order valence-corrected chi connectivity index (χ2v) is 6.27. The Morgan fingerprint density at radius 3 is 2.59 bits per heavy atom. The molecule has 0 unspecified atom stereocenters. The van der Waals surface area contributed by atoms with Gasteiger partial charge in [0.25, 0.3) is 0 Å². The van der Waals surface area contributed by atoms with Crippen LogP contribution in [-0.4, -0.2) is 0 Å². The number of fused-ring (bicyclic) bond motifs is 3. The van der Waals surface area contributed by atoms with Gasteiger partial charge in [0.15, 0.2) is 0 Å². The molecule has 1 aliphatic carbocycles. The maximum absolute atomic E-state index is 6.11. The minimum absolute atomic E-state index is 0.0371.